The molecule has 1 amide bonds. The van der Waals surface area contributed by atoms with Crippen LogP contribution in [-0.2, 0) is 6.42 Å². The van der Waals surface area contributed by atoms with E-state index in [0.717, 1.165) is 18.5 Å². The van der Waals surface area contributed by atoms with Crippen molar-refractivity contribution in [2.45, 2.75) is 19.8 Å². The van der Waals surface area contributed by atoms with Gasteiger partial charge in [0.05, 0.1) is 0 Å². The number of nitrogens with zero attached hydrogens (tertiary/aromatic N) is 1. The lowest BCUT2D eigenvalue weighted by Gasteiger charge is -2.06. The van der Waals surface area contributed by atoms with Crippen LogP contribution in [0.4, 0.5) is 0 Å². The molecule has 88 valence electrons. The standard InChI is InChI=1S/C11H16ClN3O/c1-2-3-9-6-8(7-10(12)15-9)11(16)14-5-4-13/h6-7H,2-5,13H2,1H3,(H,14,16). The molecule has 0 saturated carbocycles. The van der Waals surface area contributed by atoms with Gasteiger partial charge in [0, 0.05) is 24.3 Å². The largest absolute Gasteiger partial charge is 0.351 e. The quantitative estimate of drug-likeness (QED) is 0.766. The predicted octanol–water partition coefficient (Wildman–Crippen LogP) is 1.38. The first-order chi connectivity index (χ1) is 7.67. The smallest absolute Gasteiger partial charge is 0.251 e. The van der Waals surface area contributed by atoms with Gasteiger partial charge in [-0.25, -0.2) is 4.98 Å². The Bertz CT molecular complexity index is 368. The topological polar surface area (TPSA) is 68.0 Å². The lowest BCUT2D eigenvalue weighted by atomic mass is 10.1. The van der Waals surface area contributed by atoms with E-state index in [-0.39, 0.29) is 5.91 Å². The van der Waals surface area contributed by atoms with Gasteiger partial charge in [-0.3, -0.25) is 4.79 Å². The van der Waals surface area contributed by atoms with Gasteiger partial charge in [0.1, 0.15) is 5.15 Å². The van der Waals surface area contributed by atoms with Crippen molar-refractivity contribution in [2.75, 3.05) is 13.1 Å². The number of rotatable bonds is 5. The summed E-state index contributed by atoms with van der Waals surface area (Å²) >= 11 is 5.85. The number of carbonyl (C=O) groups excluding carboxylic acids is 1. The van der Waals surface area contributed by atoms with Crippen LogP contribution in [0, 0.1) is 0 Å². The summed E-state index contributed by atoms with van der Waals surface area (Å²) in [5.74, 6) is -0.160. The molecule has 1 rings (SSSR count). The molecule has 0 aromatic carbocycles. The zero-order valence-corrected chi connectivity index (χ0v) is 10.0. The number of hydrogen-bond donors (Lipinski definition) is 2. The van der Waals surface area contributed by atoms with Crippen molar-refractivity contribution in [1.82, 2.24) is 10.3 Å². The summed E-state index contributed by atoms with van der Waals surface area (Å²) in [5, 5.41) is 3.05. The second-order valence-electron chi connectivity index (χ2n) is 3.46. The highest BCUT2D eigenvalue weighted by molar-refractivity contribution is 6.29. The summed E-state index contributed by atoms with van der Waals surface area (Å²) in [6.07, 6.45) is 1.79. The highest BCUT2D eigenvalue weighted by atomic mass is 35.5. The van der Waals surface area contributed by atoms with E-state index >= 15 is 0 Å². The molecule has 4 nitrogen and oxygen atoms in total. The van der Waals surface area contributed by atoms with E-state index in [4.69, 9.17) is 17.3 Å². The molecular formula is C11H16ClN3O. The fourth-order valence-corrected chi connectivity index (χ4v) is 1.58. The molecule has 0 aliphatic carbocycles. The van der Waals surface area contributed by atoms with Gasteiger partial charge in [-0.15, -0.1) is 0 Å². The maximum Gasteiger partial charge on any atom is 0.251 e. The Morgan fingerprint density at radius 2 is 2.31 bits per heavy atom. The van der Waals surface area contributed by atoms with Gasteiger partial charge in [0.25, 0.3) is 5.91 Å². The van der Waals surface area contributed by atoms with Crippen LogP contribution in [0.3, 0.4) is 0 Å². The molecule has 0 bridgehead atoms. The van der Waals surface area contributed by atoms with Gasteiger partial charge < -0.3 is 11.1 Å². The van der Waals surface area contributed by atoms with Crippen molar-refractivity contribution in [2.24, 2.45) is 5.73 Å². The third kappa shape index (κ3) is 3.79. The Hall–Kier alpha value is -1.13. The van der Waals surface area contributed by atoms with E-state index in [1.54, 1.807) is 12.1 Å². The third-order valence-electron chi connectivity index (χ3n) is 2.05. The van der Waals surface area contributed by atoms with Crippen LogP contribution in [0.25, 0.3) is 0 Å². The van der Waals surface area contributed by atoms with Gasteiger partial charge in [-0.05, 0) is 18.6 Å². The molecule has 1 heterocycles. The number of aromatic nitrogens is 1. The summed E-state index contributed by atoms with van der Waals surface area (Å²) in [7, 11) is 0. The van der Waals surface area contributed by atoms with Crippen LogP contribution >= 0.6 is 11.6 Å². The number of pyridine rings is 1. The zero-order valence-electron chi connectivity index (χ0n) is 9.29. The average Bonchev–Trinajstić information content (AvgIpc) is 2.25. The molecule has 0 atom stereocenters. The average molecular weight is 242 g/mol. The van der Waals surface area contributed by atoms with E-state index in [2.05, 4.69) is 17.2 Å². The highest BCUT2D eigenvalue weighted by Gasteiger charge is 2.08. The molecule has 0 aliphatic rings. The number of nitrogens with one attached hydrogen (secondary N) is 1. The Morgan fingerprint density at radius 3 is 2.94 bits per heavy atom. The first kappa shape index (κ1) is 12.9. The highest BCUT2D eigenvalue weighted by Crippen LogP contribution is 2.12. The van der Waals surface area contributed by atoms with Crippen LogP contribution in [-0.4, -0.2) is 24.0 Å². The number of hydrogen-bond acceptors (Lipinski definition) is 3. The summed E-state index contributed by atoms with van der Waals surface area (Å²) in [6.45, 7) is 2.94. The lowest BCUT2D eigenvalue weighted by molar-refractivity contribution is 0.0954. The van der Waals surface area contributed by atoms with Crippen molar-refractivity contribution in [3.63, 3.8) is 0 Å². The first-order valence-corrected chi connectivity index (χ1v) is 5.70. The number of aryl methyl sites for hydroxylation is 1. The second-order valence-corrected chi connectivity index (χ2v) is 3.85. The third-order valence-corrected chi connectivity index (χ3v) is 2.24. The van der Waals surface area contributed by atoms with Gasteiger partial charge in [-0.1, -0.05) is 24.9 Å². The Labute approximate surface area is 100 Å². The molecule has 3 N–H and O–H groups in total. The molecule has 0 aliphatic heterocycles. The normalized spacial score (nSPS) is 10.2. The maximum absolute atomic E-state index is 11.7. The van der Waals surface area contributed by atoms with E-state index in [1.807, 2.05) is 0 Å². The lowest BCUT2D eigenvalue weighted by Crippen LogP contribution is -2.29. The number of amides is 1. The summed E-state index contributed by atoms with van der Waals surface area (Å²) < 4.78 is 0. The minimum Gasteiger partial charge on any atom is -0.351 e. The SMILES string of the molecule is CCCc1cc(C(=O)NCCN)cc(Cl)n1. The molecule has 1 aromatic heterocycles. The van der Waals surface area contributed by atoms with E-state index in [0.29, 0.717) is 23.8 Å². The Morgan fingerprint density at radius 1 is 1.56 bits per heavy atom. The van der Waals surface area contributed by atoms with Crippen LogP contribution < -0.4 is 11.1 Å². The van der Waals surface area contributed by atoms with Gasteiger partial charge in [-0.2, -0.15) is 0 Å². The second kappa shape index (κ2) is 6.45. The van der Waals surface area contributed by atoms with E-state index in [9.17, 15) is 4.79 Å². The van der Waals surface area contributed by atoms with Crippen molar-refractivity contribution in [3.05, 3.63) is 28.5 Å². The van der Waals surface area contributed by atoms with Gasteiger partial charge >= 0.3 is 0 Å². The minimum atomic E-state index is -0.160. The molecule has 0 radical (unpaired) electrons. The summed E-state index contributed by atoms with van der Waals surface area (Å²) in [6, 6.07) is 3.33. The number of halogens is 1. The van der Waals surface area contributed by atoms with Gasteiger partial charge in [0.15, 0.2) is 0 Å². The molecule has 0 spiro atoms. The van der Waals surface area contributed by atoms with Crippen LogP contribution in [0.1, 0.15) is 29.4 Å². The maximum atomic E-state index is 11.7. The van der Waals surface area contributed by atoms with E-state index < -0.39 is 0 Å². The zero-order chi connectivity index (χ0) is 12.0. The first-order valence-electron chi connectivity index (χ1n) is 5.32. The molecule has 5 heteroatoms. The number of nitrogens with two attached hydrogens (primary N) is 1. The molecule has 16 heavy (non-hydrogen) atoms. The Balaban J connectivity index is 2.82. The monoisotopic (exact) mass is 241 g/mol. The van der Waals surface area contributed by atoms with Crippen molar-refractivity contribution < 1.29 is 4.79 Å². The molecule has 0 unspecified atom stereocenters. The molecule has 0 fully saturated rings. The van der Waals surface area contributed by atoms with Crippen LogP contribution in [0.5, 0.6) is 0 Å². The molecular weight excluding hydrogens is 226 g/mol. The van der Waals surface area contributed by atoms with Crippen molar-refractivity contribution in [1.29, 1.82) is 0 Å². The summed E-state index contributed by atoms with van der Waals surface area (Å²) in [4.78, 5) is 15.8. The molecule has 0 saturated heterocycles. The van der Waals surface area contributed by atoms with Crippen LogP contribution in [0.15, 0.2) is 12.1 Å². The Kier molecular flexibility index (Phi) is 5.22. The van der Waals surface area contributed by atoms with Crippen LogP contribution in [0.2, 0.25) is 5.15 Å². The summed E-state index contributed by atoms with van der Waals surface area (Å²) in [5.41, 5.74) is 6.69. The predicted molar refractivity (Wildman–Crippen MR) is 64.6 cm³/mol. The van der Waals surface area contributed by atoms with Crippen molar-refractivity contribution >= 4 is 17.5 Å². The van der Waals surface area contributed by atoms with Gasteiger partial charge in [0.2, 0.25) is 0 Å². The van der Waals surface area contributed by atoms with E-state index in [1.165, 1.54) is 0 Å². The van der Waals surface area contributed by atoms with Crippen molar-refractivity contribution in [3.8, 4) is 0 Å². The minimum absolute atomic E-state index is 0.160. The fraction of sp³-hybridized carbons (Fsp3) is 0.455. The molecule has 1 aromatic rings. The number of carbonyl (C=O) groups is 1. The fourth-order valence-electron chi connectivity index (χ4n) is 1.35.